The number of rotatable bonds is 6. The fourth-order valence-electron chi connectivity index (χ4n) is 3.40. The third kappa shape index (κ3) is 5.31. The Kier molecular flexibility index (Phi) is 6.07. The van der Waals surface area contributed by atoms with Crippen LogP contribution in [0.25, 0.3) is 5.52 Å². The van der Waals surface area contributed by atoms with E-state index in [1.54, 1.807) is 6.92 Å². The number of hydrogen-bond acceptors (Lipinski definition) is 7. The van der Waals surface area contributed by atoms with Crippen molar-refractivity contribution in [3.63, 3.8) is 0 Å². The molecule has 4 heterocycles. The molecule has 0 bridgehead atoms. The topological polar surface area (TPSA) is 112 Å². The molecule has 1 amide bonds. The number of carbonyl (C=O) groups is 1. The SMILES string of the molecule is CC1(NC(=O)c2nn3ccc(Oc4ncc(Cl)cc4OCC(F)(F)F)cc3c2Cl)CS(=O)(=O)C1. The van der Waals surface area contributed by atoms with Crippen LogP contribution in [-0.2, 0) is 9.84 Å². The lowest BCUT2D eigenvalue weighted by Crippen LogP contribution is -2.63. The van der Waals surface area contributed by atoms with Crippen LogP contribution >= 0.6 is 23.2 Å². The number of nitrogens with zero attached hydrogens (tertiary/aromatic N) is 3. The molecule has 1 aliphatic heterocycles. The molecule has 1 fully saturated rings. The summed E-state index contributed by atoms with van der Waals surface area (Å²) in [7, 11) is -3.18. The lowest BCUT2D eigenvalue weighted by atomic mass is 10.1. The smallest absolute Gasteiger partial charge is 0.422 e. The minimum Gasteiger partial charge on any atom is -0.478 e. The maximum Gasteiger partial charge on any atom is 0.422 e. The van der Waals surface area contributed by atoms with Gasteiger partial charge in [0.2, 0.25) is 0 Å². The van der Waals surface area contributed by atoms with Gasteiger partial charge < -0.3 is 14.8 Å². The Balaban J connectivity index is 1.57. The summed E-state index contributed by atoms with van der Waals surface area (Å²) in [5.41, 5.74) is -0.804. The largest absolute Gasteiger partial charge is 0.478 e. The number of aromatic nitrogens is 3. The lowest BCUT2D eigenvalue weighted by molar-refractivity contribution is -0.153. The Morgan fingerprint density at radius 1 is 1.29 bits per heavy atom. The van der Waals surface area contributed by atoms with Gasteiger partial charge in [-0.25, -0.2) is 17.9 Å². The number of amides is 1. The van der Waals surface area contributed by atoms with Crippen LogP contribution in [0, 0.1) is 0 Å². The number of alkyl halides is 3. The molecule has 34 heavy (non-hydrogen) atoms. The highest BCUT2D eigenvalue weighted by molar-refractivity contribution is 7.93. The molecule has 1 aliphatic rings. The number of halogens is 5. The molecule has 0 aliphatic carbocycles. The van der Waals surface area contributed by atoms with Gasteiger partial charge in [-0.15, -0.1) is 0 Å². The summed E-state index contributed by atoms with van der Waals surface area (Å²) in [6.07, 6.45) is -2.00. The molecular weight excluding hydrogens is 524 g/mol. The van der Waals surface area contributed by atoms with Crippen molar-refractivity contribution in [1.82, 2.24) is 19.9 Å². The summed E-state index contributed by atoms with van der Waals surface area (Å²) in [5, 5.41) is 6.74. The summed E-state index contributed by atoms with van der Waals surface area (Å²) in [6, 6.07) is 3.94. The van der Waals surface area contributed by atoms with Gasteiger partial charge in [0.05, 0.1) is 32.6 Å². The van der Waals surface area contributed by atoms with Gasteiger partial charge in [0, 0.05) is 24.5 Å². The molecular formula is C19H15Cl2F3N4O5S. The number of ether oxygens (including phenoxy) is 2. The predicted octanol–water partition coefficient (Wildman–Crippen LogP) is 3.69. The van der Waals surface area contributed by atoms with Crippen LogP contribution in [0.4, 0.5) is 13.2 Å². The van der Waals surface area contributed by atoms with Crippen molar-refractivity contribution in [1.29, 1.82) is 0 Å². The lowest BCUT2D eigenvalue weighted by Gasteiger charge is -2.38. The summed E-state index contributed by atoms with van der Waals surface area (Å²) in [4.78, 5) is 16.5. The summed E-state index contributed by atoms with van der Waals surface area (Å²) >= 11 is 12.1. The molecule has 0 radical (unpaired) electrons. The number of sulfone groups is 1. The highest BCUT2D eigenvalue weighted by atomic mass is 35.5. The van der Waals surface area contributed by atoms with Crippen molar-refractivity contribution >= 4 is 44.5 Å². The Morgan fingerprint density at radius 2 is 2.00 bits per heavy atom. The van der Waals surface area contributed by atoms with Gasteiger partial charge in [-0.3, -0.25) is 4.79 Å². The quantitative estimate of drug-likeness (QED) is 0.509. The highest BCUT2D eigenvalue weighted by Crippen LogP contribution is 2.34. The van der Waals surface area contributed by atoms with Crippen LogP contribution in [0.5, 0.6) is 17.4 Å². The third-order valence-corrected chi connectivity index (χ3v) is 7.38. The second kappa shape index (κ2) is 8.47. The Bertz CT molecular complexity index is 1380. The van der Waals surface area contributed by atoms with Crippen molar-refractivity contribution in [2.45, 2.75) is 18.6 Å². The molecule has 15 heteroatoms. The van der Waals surface area contributed by atoms with E-state index in [4.69, 9.17) is 32.7 Å². The molecule has 0 unspecified atom stereocenters. The van der Waals surface area contributed by atoms with Crippen LogP contribution in [0.3, 0.4) is 0 Å². The van der Waals surface area contributed by atoms with E-state index in [1.807, 2.05) is 0 Å². The van der Waals surface area contributed by atoms with E-state index in [0.717, 1.165) is 6.07 Å². The van der Waals surface area contributed by atoms with Gasteiger partial charge in [0.25, 0.3) is 11.8 Å². The second-order valence-corrected chi connectivity index (χ2v) is 10.7. The zero-order valence-corrected chi connectivity index (χ0v) is 19.5. The first-order valence-corrected chi connectivity index (χ1v) is 12.1. The van der Waals surface area contributed by atoms with Crippen LogP contribution in [0.2, 0.25) is 10.0 Å². The van der Waals surface area contributed by atoms with E-state index >= 15 is 0 Å². The zero-order valence-electron chi connectivity index (χ0n) is 17.2. The van der Waals surface area contributed by atoms with Gasteiger partial charge >= 0.3 is 6.18 Å². The van der Waals surface area contributed by atoms with Gasteiger partial charge in [-0.1, -0.05) is 23.2 Å². The molecule has 0 aromatic carbocycles. The second-order valence-electron chi connectivity index (χ2n) is 7.86. The zero-order chi connectivity index (χ0) is 24.9. The highest BCUT2D eigenvalue weighted by Gasteiger charge is 2.46. The maximum absolute atomic E-state index is 12.6. The molecule has 4 rings (SSSR count). The Morgan fingerprint density at radius 3 is 2.65 bits per heavy atom. The van der Waals surface area contributed by atoms with Crippen LogP contribution in [0.15, 0.2) is 30.6 Å². The molecule has 0 saturated carbocycles. The van der Waals surface area contributed by atoms with Gasteiger partial charge in [-0.2, -0.15) is 18.3 Å². The average Bonchev–Trinajstić information content (AvgIpc) is 3.02. The normalized spacial score (nSPS) is 16.6. The third-order valence-electron chi connectivity index (χ3n) is 4.64. The molecule has 182 valence electrons. The summed E-state index contributed by atoms with van der Waals surface area (Å²) < 4.78 is 72.2. The van der Waals surface area contributed by atoms with E-state index in [0.29, 0.717) is 0 Å². The Hall–Kier alpha value is -2.77. The minimum atomic E-state index is -4.58. The van der Waals surface area contributed by atoms with E-state index < -0.39 is 34.1 Å². The van der Waals surface area contributed by atoms with Crippen molar-refractivity contribution in [3.8, 4) is 17.4 Å². The molecule has 1 N–H and O–H groups in total. The molecule has 1 saturated heterocycles. The molecule has 0 spiro atoms. The number of hydrogen-bond donors (Lipinski definition) is 1. The first-order valence-electron chi connectivity index (χ1n) is 9.47. The van der Waals surface area contributed by atoms with Crippen molar-refractivity contribution < 1.29 is 35.9 Å². The first-order chi connectivity index (χ1) is 15.7. The average molecular weight is 539 g/mol. The number of carbonyl (C=O) groups excluding carboxylic acids is 1. The van der Waals surface area contributed by atoms with Gasteiger partial charge in [0.15, 0.2) is 27.9 Å². The standard InChI is InChI=1S/C19H15Cl2F3N4O5S/c1-18(8-34(30,31)9-18)26-16(29)15-14(21)12-5-11(2-3-28(12)27-15)33-17-13(4-10(20)6-25-17)32-7-19(22,23)24/h2-6H,7-9H2,1H3,(H,26,29). The fraction of sp³-hybridized carbons (Fsp3) is 0.316. The number of fused-ring (bicyclic) bond motifs is 1. The molecule has 9 nitrogen and oxygen atoms in total. The molecule has 3 aromatic rings. The first kappa shape index (κ1) is 24.4. The van der Waals surface area contributed by atoms with Crippen molar-refractivity contribution in [2.24, 2.45) is 0 Å². The number of pyridine rings is 2. The van der Waals surface area contributed by atoms with Crippen LogP contribution in [-0.4, -0.2) is 58.8 Å². The molecule has 3 aromatic heterocycles. The van der Waals surface area contributed by atoms with Gasteiger partial charge in [0.1, 0.15) is 5.75 Å². The van der Waals surface area contributed by atoms with Crippen molar-refractivity contribution in [3.05, 3.63) is 46.3 Å². The van der Waals surface area contributed by atoms with Crippen molar-refractivity contribution in [2.75, 3.05) is 18.1 Å². The minimum absolute atomic E-state index is 0.0358. The monoisotopic (exact) mass is 538 g/mol. The molecule has 0 atom stereocenters. The number of nitrogens with one attached hydrogen (secondary N) is 1. The summed E-state index contributed by atoms with van der Waals surface area (Å²) in [6.45, 7) is 0.0245. The van der Waals surface area contributed by atoms with Crippen LogP contribution < -0.4 is 14.8 Å². The maximum atomic E-state index is 12.6. The Labute approximate surface area is 200 Å². The fourth-order valence-corrected chi connectivity index (χ4v) is 5.81. The summed E-state index contributed by atoms with van der Waals surface area (Å²) in [5.74, 6) is -1.53. The van der Waals surface area contributed by atoms with E-state index in [-0.39, 0.29) is 50.1 Å². The van der Waals surface area contributed by atoms with Gasteiger partial charge in [-0.05, 0) is 13.0 Å². The van der Waals surface area contributed by atoms with E-state index in [2.05, 4.69) is 15.4 Å². The van der Waals surface area contributed by atoms with E-state index in [9.17, 15) is 26.4 Å². The van der Waals surface area contributed by atoms with E-state index in [1.165, 1.54) is 29.0 Å². The van der Waals surface area contributed by atoms with Crippen LogP contribution in [0.1, 0.15) is 17.4 Å². The predicted molar refractivity (Wildman–Crippen MR) is 116 cm³/mol.